The number of halogens is 2. The Morgan fingerprint density at radius 3 is 2.80 bits per heavy atom. The molecule has 0 radical (unpaired) electrons. The van der Waals surface area contributed by atoms with Crippen LogP contribution < -0.4 is 4.72 Å². The number of aromatic nitrogens is 2. The van der Waals surface area contributed by atoms with Crippen LogP contribution in [0.1, 0.15) is 12.2 Å². The van der Waals surface area contributed by atoms with E-state index in [0.717, 1.165) is 5.82 Å². The van der Waals surface area contributed by atoms with Crippen LogP contribution in [0.4, 0.5) is 0 Å². The van der Waals surface area contributed by atoms with Crippen molar-refractivity contribution in [1.82, 2.24) is 14.7 Å². The highest BCUT2D eigenvalue weighted by Crippen LogP contribution is 2.24. The maximum Gasteiger partial charge on any atom is 0.242 e. The fourth-order valence-electron chi connectivity index (χ4n) is 1.66. The van der Waals surface area contributed by atoms with Gasteiger partial charge in [-0.05, 0) is 24.6 Å². The molecule has 0 atom stereocenters. The lowest BCUT2D eigenvalue weighted by Gasteiger charge is -2.08. The molecule has 0 unspecified atom stereocenters. The van der Waals surface area contributed by atoms with Crippen LogP contribution in [0, 0.1) is 0 Å². The van der Waals surface area contributed by atoms with Gasteiger partial charge in [0.1, 0.15) is 10.7 Å². The molecular weight excluding hydrogens is 321 g/mol. The van der Waals surface area contributed by atoms with E-state index in [2.05, 4.69) is 14.7 Å². The molecule has 2 aromatic rings. The van der Waals surface area contributed by atoms with E-state index in [9.17, 15) is 8.42 Å². The maximum absolute atomic E-state index is 12.1. The molecule has 0 aliphatic heterocycles. The first-order chi connectivity index (χ1) is 9.49. The summed E-state index contributed by atoms with van der Waals surface area (Å²) in [6.07, 6.45) is 4.68. The fourth-order valence-corrected chi connectivity index (χ4v) is 3.49. The van der Waals surface area contributed by atoms with Gasteiger partial charge in [-0.3, -0.25) is 0 Å². The number of imidazole rings is 1. The molecule has 1 heterocycles. The molecule has 2 rings (SSSR count). The van der Waals surface area contributed by atoms with Crippen LogP contribution in [0.2, 0.25) is 10.0 Å². The summed E-state index contributed by atoms with van der Waals surface area (Å²) < 4.78 is 26.7. The summed E-state index contributed by atoms with van der Waals surface area (Å²) in [5.41, 5.74) is 0. The Kier molecular flexibility index (Phi) is 5.04. The molecule has 1 aromatic heterocycles. The number of aromatic amines is 1. The molecule has 0 bridgehead atoms. The first kappa shape index (κ1) is 15.3. The van der Waals surface area contributed by atoms with E-state index in [1.165, 1.54) is 12.1 Å². The third-order valence-corrected chi connectivity index (χ3v) is 4.80. The summed E-state index contributed by atoms with van der Waals surface area (Å²) in [7, 11) is -3.65. The summed E-state index contributed by atoms with van der Waals surface area (Å²) >= 11 is 11.7. The molecule has 5 nitrogen and oxygen atoms in total. The van der Waals surface area contributed by atoms with Gasteiger partial charge >= 0.3 is 0 Å². The van der Waals surface area contributed by atoms with Gasteiger partial charge in [0.05, 0.1) is 5.02 Å². The SMILES string of the molecule is O=S(=O)(NCCCc1ncc[nH]1)c1cc(Cl)ccc1Cl. The average Bonchev–Trinajstić information content (AvgIpc) is 2.90. The predicted molar refractivity (Wildman–Crippen MR) is 78.6 cm³/mol. The van der Waals surface area contributed by atoms with E-state index in [1.54, 1.807) is 18.5 Å². The van der Waals surface area contributed by atoms with Crippen molar-refractivity contribution in [3.05, 3.63) is 46.5 Å². The van der Waals surface area contributed by atoms with Gasteiger partial charge in [0, 0.05) is 30.4 Å². The van der Waals surface area contributed by atoms with Crippen molar-refractivity contribution in [1.29, 1.82) is 0 Å². The van der Waals surface area contributed by atoms with Crippen LogP contribution in [-0.4, -0.2) is 24.9 Å². The van der Waals surface area contributed by atoms with Crippen molar-refractivity contribution in [2.75, 3.05) is 6.54 Å². The highest BCUT2D eigenvalue weighted by molar-refractivity contribution is 7.89. The first-order valence-electron chi connectivity index (χ1n) is 5.92. The van der Waals surface area contributed by atoms with Crippen molar-refractivity contribution in [3.63, 3.8) is 0 Å². The fraction of sp³-hybridized carbons (Fsp3) is 0.250. The summed E-state index contributed by atoms with van der Waals surface area (Å²) in [5, 5.41) is 0.471. The molecule has 0 saturated heterocycles. The van der Waals surface area contributed by atoms with Gasteiger partial charge in [-0.2, -0.15) is 0 Å². The molecule has 0 aliphatic carbocycles. The lowest BCUT2D eigenvalue weighted by molar-refractivity contribution is 0.578. The van der Waals surface area contributed by atoms with Crippen LogP contribution in [0.3, 0.4) is 0 Å². The molecule has 20 heavy (non-hydrogen) atoms. The normalized spacial score (nSPS) is 11.7. The Labute approximate surface area is 127 Å². The van der Waals surface area contributed by atoms with E-state index >= 15 is 0 Å². The zero-order chi connectivity index (χ0) is 14.6. The zero-order valence-electron chi connectivity index (χ0n) is 10.4. The minimum absolute atomic E-state index is 0.00957. The minimum Gasteiger partial charge on any atom is -0.349 e. The van der Waals surface area contributed by atoms with E-state index in [0.29, 0.717) is 24.4 Å². The number of nitrogens with one attached hydrogen (secondary N) is 2. The van der Waals surface area contributed by atoms with Gasteiger partial charge in [0.2, 0.25) is 10.0 Å². The Morgan fingerprint density at radius 1 is 1.30 bits per heavy atom. The van der Waals surface area contributed by atoms with Crippen LogP contribution in [-0.2, 0) is 16.4 Å². The molecule has 0 spiro atoms. The molecule has 0 amide bonds. The molecule has 2 N–H and O–H groups in total. The Morgan fingerprint density at radius 2 is 2.10 bits per heavy atom. The van der Waals surface area contributed by atoms with Crippen molar-refractivity contribution in [2.24, 2.45) is 0 Å². The largest absolute Gasteiger partial charge is 0.349 e. The lowest BCUT2D eigenvalue weighted by Crippen LogP contribution is -2.25. The highest BCUT2D eigenvalue weighted by Gasteiger charge is 2.17. The molecule has 1 aromatic carbocycles. The second kappa shape index (κ2) is 6.58. The summed E-state index contributed by atoms with van der Waals surface area (Å²) in [5.74, 6) is 0.824. The maximum atomic E-state index is 12.1. The van der Waals surface area contributed by atoms with Crippen molar-refractivity contribution < 1.29 is 8.42 Å². The van der Waals surface area contributed by atoms with E-state index in [4.69, 9.17) is 23.2 Å². The predicted octanol–water partition coefficient (Wildman–Crippen LogP) is 2.63. The van der Waals surface area contributed by atoms with Crippen molar-refractivity contribution in [3.8, 4) is 0 Å². The smallest absolute Gasteiger partial charge is 0.242 e. The van der Waals surface area contributed by atoms with E-state index in [-0.39, 0.29) is 9.92 Å². The standard InChI is InChI=1S/C12H13Cl2N3O2S/c13-9-3-4-10(14)11(8-9)20(18,19)17-5-1-2-12-15-6-7-16-12/h3-4,6-8,17H,1-2,5H2,(H,15,16). The second-order valence-electron chi connectivity index (χ2n) is 4.11. The number of aryl methyl sites for hydroxylation is 1. The molecular formula is C12H13Cl2N3O2S. The molecule has 0 fully saturated rings. The van der Waals surface area contributed by atoms with Gasteiger partial charge in [-0.15, -0.1) is 0 Å². The third kappa shape index (κ3) is 3.96. The van der Waals surface area contributed by atoms with Crippen LogP contribution in [0.5, 0.6) is 0 Å². The minimum atomic E-state index is -3.65. The topological polar surface area (TPSA) is 74.8 Å². The number of hydrogen-bond donors (Lipinski definition) is 2. The van der Waals surface area contributed by atoms with Crippen LogP contribution >= 0.6 is 23.2 Å². The van der Waals surface area contributed by atoms with E-state index < -0.39 is 10.0 Å². The Bertz CT molecular complexity index is 672. The van der Waals surface area contributed by atoms with Gasteiger partial charge in [-0.1, -0.05) is 23.2 Å². The Hall–Kier alpha value is -1.08. The molecule has 0 saturated carbocycles. The van der Waals surface area contributed by atoms with Gasteiger partial charge < -0.3 is 4.98 Å². The van der Waals surface area contributed by atoms with Gasteiger partial charge in [-0.25, -0.2) is 18.1 Å². The summed E-state index contributed by atoms with van der Waals surface area (Å²) in [4.78, 5) is 7.01. The number of sulfonamides is 1. The number of benzene rings is 1. The number of nitrogens with zero attached hydrogens (tertiary/aromatic N) is 1. The number of H-pyrrole nitrogens is 1. The Balaban J connectivity index is 1.95. The van der Waals surface area contributed by atoms with E-state index in [1.807, 2.05) is 0 Å². The molecule has 8 heteroatoms. The molecule has 0 aliphatic rings. The lowest BCUT2D eigenvalue weighted by atomic mass is 10.3. The highest BCUT2D eigenvalue weighted by atomic mass is 35.5. The summed E-state index contributed by atoms with van der Waals surface area (Å²) in [6.45, 7) is 0.297. The van der Waals surface area contributed by atoms with Crippen LogP contribution in [0.15, 0.2) is 35.5 Å². The first-order valence-corrected chi connectivity index (χ1v) is 8.16. The number of rotatable bonds is 6. The summed E-state index contributed by atoms with van der Waals surface area (Å²) in [6, 6.07) is 4.33. The van der Waals surface area contributed by atoms with Gasteiger partial charge in [0.15, 0.2) is 0 Å². The van der Waals surface area contributed by atoms with Crippen molar-refractivity contribution >= 4 is 33.2 Å². The quantitative estimate of drug-likeness (QED) is 0.798. The third-order valence-electron chi connectivity index (χ3n) is 2.62. The van der Waals surface area contributed by atoms with Crippen molar-refractivity contribution in [2.45, 2.75) is 17.7 Å². The van der Waals surface area contributed by atoms with Gasteiger partial charge in [0.25, 0.3) is 0 Å². The van der Waals surface area contributed by atoms with Crippen LogP contribution in [0.25, 0.3) is 0 Å². The number of hydrogen-bond acceptors (Lipinski definition) is 3. The second-order valence-corrected chi connectivity index (χ2v) is 6.69. The average molecular weight is 334 g/mol. The zero-order valence-corrected chi connectivity index (χ0v) is 12.8. The molecule has 108 valence electrons. The monoisotopic (exact) mass is 333 g/mol.